The molecule has 0 fully saturated rings. The SMILES string of the molecule is COC(=O)c1cc(NC(=O)OCc2ccccc2)c(C(=O)OCc2ccccc2)cc1CC(=O)N(Cc1ccccc1)Cc1ccc(Oc2ccccc2)cc1. The maximum absolute atomic E-state index is 14.3. The molecule has 0 saturated carbocycles. The number of nitrogens with zero attached hydrogens (tertiary/aromatic N) is 1. The number of amides is 2. The first kappa shape index (κ1) is 38.5. The minimum absolute atomic E-state index is 0.0131. The number of methoxy groups -OCH3 is 1. The first-order valence-corrected chi connectivity index (χ1v) is 17.9. The Balaban J connectivity index is 1.28. The Kier molecular flexibility index (Phi) is 13.2. The Morgan fingerprint density at radius 3 is 1.61 bits per heavy atom. The molecule has 0 spiro atoms. The van der Waals surface area contributed by atoms with Crippen molar-refractivity contribution in [1.29, 1.82) is 0 Å². The lowest BCUT2D eigenvalue weighted by Crippen LogP contribution is -2.32. The molecule has 0 unspecified atom stereocenters. The van der Waals surface area contributed by atoms with Gasteiger partial charge in [0.25, 0.3) is 0 Å². The number of hydrogen-bond donors (Lipinski definition) is 1. The maximum Gasteiger partial charge on any atom is 0.411 e. The fourth-order valence-corrected chi connectivity index (χ4v) is 5.85. The topological polar surface area (TPSA) is 120 Å². The van der Waals surface area contributed by atoms with E-state index in [2.05, 4.69) is 5.32 Å². The summed E-state index contributed by atoms with van der Waals surface area (Å²) in [6, 6.07) is 47.3. The van der Waals surface area contributed by atoms with Gasteiger partial charge in [0.05, 0.1) is 30.3 Å². The number of esters is 2. The number of carbonyl (C=O) groups excluding carboxylic acids is 4. The fraction of sp³-hybridized carbons (Fsp3) is 0.130. The van der Waals surface area contributed by atoms with E-state index in [1.165, 1.54) is 19.2 Å². The zero-order valence-electron chi connectivity index (χ0n) is 30.8. The molecule has 6 aromatic rings. The molecular weight excluding hydrogens is 709 g/mol. The van der Waals surface area contributed by atoms with Crippen molar-refractivity contribution in [1.82, 2.24) is 4.90 Å². The van der Waals surface area contributed by atoms with Gasteiger partial charge in [-0.25, -0.2) is 14.4 Å². The predicted molar refractivity (Wildman–Crippen MR) is 211 cm³/mol. The molecule has 10 heteroatoms. The molecule has 0 radical (unpaired) electrons. The molecule has 6 aromatic carbocycles. The van der Waals surface area contributed by atoms with E-state index >= 15 is 0 Å². The highest BCUT2D eigenvalue weighted by Gasteiger charge is 2.26. The third-order valence-electron chi connectivity index (χ3n) is 8.72. The number of rotatable bonds is 15. The standard InChI is InChI=1S/C46H40N2O8/c1-53-44(50)40-28-42(47-46(52)55-32-36-18-10-4-11-19-36)41(45(51)54-31-35-16-8-3-9-17-35)26-37(40)27-43(49)48(29-33-14-6-2-7-15-33)30-34-22-24-39(25-23-34)56-38-20-12-5-13-21-38/h2-26,28H,27,29-32H2,1H3,(H,47,52). The van der Waals surface area contributed by atoms with Gasteiger partial charge in [0.2, 0.25) is 5.91 Å². The van der Waals surface area contributed by atoms with E-state index in [-0.39, 0.29) is 61.0 Å². The highest BCUT2D eigenvalue weighted by Crippen LogP contribution is 2.27. The Bertz CT molecular complexity index is 2230. The maximum atomic E-state index is 14.3. The summed E-state index contributed by atoms with van der Waals surface area (Å²) in [5.74, 6) is -0.517. The lowest BCUT2D eigenvalue weighted by molar-refractivity contribution is -0.131. The Morgan fingerprint density at radius 1 is 0.536 bits per heavy atom. The number of para-hydroxylation sites is 1. The molecule has 6 rings (SSSR count). The van der Waals surface area contributed by atoms with Crippen LogP contribution in [-0.2, 0) is 51.7 Å². The number of carbonyl (C=O) groups is 4. The van der Waals surface area contributed by atoms with E-state index in [1.54, 1.807) is 17.0 Å². The second-order valence-corrected chi connectivity index (χ2v) is 12.8. The minimum atomic E-state index is -0.861. The third kappa shape index (κ3) is 10.9. The second kappa shape index (κ2) is 19.2. The van der Waals surface area contributed by atoms with E-state index < -0.39 is 18.0 Å². The molecule has 0 heterocycles. The van der Waals surface area contributed by atoms with E-state index in [1.807, 2.05) is 133 Å². The quantitative estimate of drug-likeness (QED) is 0.0816. The lowest BCUT2D eigenvalue weighted by Gasteiger charge is -2.24. The van der Waals surface area contributed by atoms with Crippen LogP contribution in [0.3, 0.4) is 0 Å². The number of anilines is 1. The van der Waals surface area contributed by atoms with E-state index in [0.717, 1.165) is 22.3 Å². The minimum Gasteiger partial charge on any atom is -0.465 e. The van der Waals surface area contributed by atoms with Crippen molar-refractivity contribution < 1.29 is 38.1 Å². The van der Waals surface area contributed by atoms with Gasteiger partial charge in [-0.15, -0.1) is 0 Å². The van der Waals surface area contributed by atoms with Gasteiger partial charge < -0.3 is 23.8 Å². The fourth-order valence-electron chi connectivity index (χ4n) is 5.85. The van der Waals surface area contributed by atoms with Gasteiger partial charge >= 0.3 is 18.0 Å². The van der Waals surface area contributed by atoms with Gasteiger partial charge in [0.15, 0.2) is 0 Å². The van der Waals surface area contributed by atoms with Crippen molar-refractivity contribution in [2.45, 2.75) is 32.7 Å². The summed E-state index contributed by atoms with van der Waals surface area (Å²) in [5, 5.41) is 2.59. The molecule has 0 atom stereocenters. The number of ether oxygens (including phenoxy) is 4. The summed E-state index contributed by atoms with van der Waals surface area (Å²) in [5.41, 5.74) is 3.33. The molecule has 0 bridgehead atoms. The van der Waals surface area contributed by atoms with Crippen LogP contribution in [0.15, 0.2) is 158 Å². The van der Waals surface area contributed by atoms with Gasteiger partial charge in [0, 0.05) is 13.1 Å². The van der Waals surface area contributed by atoms with Crippen LogP contribution < -0.4 is 10.1 Å². The molecule has 282 valence electrons. The van der Waals surface area contributed by atoms with Crippen LogP contribution in [0.4, 0.5) is 10.5 Å². The molecule has 56 heavy (non-hydrogen) atoms. The molecule has 1 N–H and O–H groups in total. The van der Waals surface area contributed by atoms with Crippen LogP contribution in [0.1, 0.15) is 48.5 Å². The van der Waals surface area contributed by atoms with Crippen molar-refractivity contribution in [2.24, 2.45) is 0 Å². The van der Waals surface area contributed by atoms with E-state index in [9.17, 15) is 19.2 Å². The molecule has 0 aliphatic heterocycles. The molecule has 0 aromatic heterocycles. The van der Waals surface area contributed by atoms with Gasteiger partial charge in [-0.1, -0.05) is 121 Å². The molecule has 0 aliphatic rings. The summed E-state index contributed by atoms with van der Waals surface area (Å²) >= 11 is 0. The Hall–Kier alpha value is -7.20. The second-order valence-electron chi connectivity index (χ2n) is 12.8. The average molecular weight is 749 g/mol. The normalized spacial score (nSPS) is 10.5. The zero-order valence-corrected chi connectivity index (χ0v) is 30.8. The third-order valence-corrected chi connectivity index (χ3v) is 8.72. The van der Waals surface area contributed by atoms with E-state index in [4.69, 9.17) is 18.9 Å². The molecule has 10 nitrogen and oxygen atoms in total. The van der Waals surface area contributed by atoms with Crippen LogP contribution in [-0.4, -0.2) is 35.9 Å². The van der Waals surface area contributed by atoms with Crippen LogP contribution in [0.5, 0.6) is 11.5 Å². The van der Waals surface area contributed by atoms with Crippen molar-refractivity contribution in [3.8, 4) is 11.5 Å². The zero-order chi connectivity index (χ0) is 39.1. The Morgan fingerprint density at radius 2 is 1.04 bits per heavy atom. The predicted octanol–water partition coefficient (Wildman–Crippen LogP) is 9.14. The highest BCUT2D eigenvalue weighted by molar-refractivity contribution is 6.03. The van der Waals surface area contributed by atoms with Crippen molar-refractivity contribution in [3.05, 3.63) is 197 Å². The van der Waals surface area contributed by atoms with Crippen molar-refractivity contribution >= 4 is 29.6 Å². The monoisotopic (exact) mass is 748 g/mol. The average Bonchev–Trinajstić information content (AvgIpc) is 3.24. The van der Waals surface area contributed by atoms with Crippen LogP contribution in [0.25, 0.3) is 0 Å². The first-order valence-electron chi connectivity index (χ1n) is 17.9. The van der Waals surface area contributed by atoms with Gasteiger partial charge in [-0.2, -0.15) is 0 Å². The largest absolute Gasteiger partial charge is 0.465 e. The lowest BCUT2D eigenvalue weighted by atomic mass is 9.98. The summed E-state index contributed by atoms with van der Waals surface area (Å²) < 4.78 is 22.1. The van der Waals surface area contributed by atoms with Gasteiger partial charge in [-0.3, -0.25) is 10.1 Å². The van der Waals surface area contributed by atoms with Crippen molar-refractivity contribution in [2.75, 3.05) is 12.4 Å². The smallest absolute Gasteiger partial charge is 0.411 e. The van der Waals surface area contributed by atoms with Crippen LogP contribution in [0.2, 0.25) is 0 Å². The molecule has 0 aliphatic carbocycles. The van der Waals surface area contributed by atoms with Crippen molar-refractivity contribution in [3.63, 3.8) is 0 Å². The van der Waals surface area contributed by atoms with E-state index in [0.29, 0.717) is 11.5 Å². The van der Waals surface area contributed by atoms with Gasteiger partial charge in [0.1, 0.15) is 24.7 Å². The van der Waals surface area contributed by atoms with Crippen LogP contribution in [0, 0.1) is 0 Å². The number of hydrogen-bond acceptors (Lipinski definition) is 8. The summed E-state index contributed by atoms with van der Waals surface area (Å²) in [4.78, 5) is 56.0. The summed E-state index contributed by atoms with van der Waals surface area (Å²) in [7, 11) is 1.21. The molecule has 2 amide bonds. The molecule has 0 saturated heterocycles. The Labute approximate surface area is 325 Å². The highest BCUT2D eigenvalue weighted by atomic mass is 16.5. The first-order chi connectivity index (χ1) is 27.3. The molecular formula is C46H40N2O8. The number of benzene rings is 6. The summed E-state index contributed by atoms with van der Waals surface area (Å²) in [6.07, 6.45) is -1.13. The van der Waals surface area contributed by atoms with Crippen LogP contribution >= 0.6 is 0 Å². The summed E-state index contributed by atoms with van der Waals surface area (Å²) in [6.45, 7) is 0.432. The van der Waals surface area contributed by atoms with Gasteiger partial charge in [-0.05, 0) is 64.2 Å². The number of nitrogens with one attached hydrogen (secondary N) is 1.